The van der Waals surface area contributed by atoms with Crippen LogP contribution in [0.3, 0.4) is 0 Å². The number of hydrogen-bond acceptors (Lipinski definition) is 4. The van der Waals surface area contributed by atoms with Crippen molar-refractivity contribution in [3.63, 3.8) is 0 Å². The lowest BCUT2D eigenvalue weighted by Crippen LogP contribution is -2.35. The number of rotatable bonds is 7. The maximum absolute atomic E-state index is 12.7. The monoisotopic (exact) mass is 402 g/mol. The third kappa shape index (κ3) is 4.91. The van der Waals surface area contributed by atoms with Gasteiger partial charge in [-0.3, -0.25) is 4.79 Å². The van der Waals surface area contributed by atoms with E-state index in [1.165, 1.54) is 4.31 Å². The van der Waals surface area contributed by atoms with Crippen molar-refractivity contribution in [2.45, 2.75) is 37.0 Å². The number of sulfonamides is 1. The highest BCUT2D eigenvalue weighted by atomic mass is 32.2. The molecule has 0 aliphatic carbocycles. The average molecular weight is 403 g/mol. The second-order valence-corrected chi connectivity index (χ2v) is 8.79. The van der Waals surface area contributed by atoms with E-state index in [9.17, 15) is 13.2 Å². The van der Waals surface area contributed by atoms with Crippen LogP contribution in [0.5, 0.6) is 5.75 Å². The van der Waals surface area contributed by atoms with Gasteiger partial charge in [0.05, 0.1) is 12.0 Å². The van der Waals surface area contributed by atoms with Crippen LogP contribution in [0.2, 0.25) is 0 Å². The van der Waals surface area contributed by atoms with Gasteiger partial charge in [-0.25, -0.2) is 8.42 Å². The van der Waals surface area contributed by atoms with Crippen molar-refractivity contribution in [2.24, 2.45) is 0 Å². The predicted octanol–water partition coefficient (Wildman–Crippen LogP) is 3.44. The smallest absolute Gasteiger partial charge is 0.243 e. The summed E-state index contributed by atoms with van der Waals surface area (Å²) in [4.78, 5) is 12.5. The molecule has 7 heteroatoms. The Labute approximate surface area is 166 Å². The Morgan fingerprint density at radius 3 is 2.39 bits per heavy atom. The van der Waals surface area contributed by atoms with Crippen molar-refractivity contribution in [3.05, 3.63) is 54.1 Å². The molecule has 3 rings (SSSR count). The summed E-state index contributed by atoms with van der Waals surface area (Å²) in [6.07, 6.45) is 3.76. The summed E-state index contributed by atoms with van der Waals surface area (Å²) < 4.78 is 32.2. The molecule has 2 aromatic rings. The van der Waals surface area contributed by atoms with E-state index in [1.54, 1.807) is 31.4 Å². The van der Waals surface area contributed by atoms with Crippen molar-refractivity contribution in [3.8, 4) is 5.75 Å². The molecule has 1 heterocycles. The zero-order valence-corrected chi connectivity index (χ0v) is 16.9. The maximum Gasteiger partial charge on any atom is 0.243 e. The third-order valence-electron chi connectivity index (χ3n) is 4.90. The molecule has 0 bridgehead atoms. The summed E-state index contributed by atoms with van der Waals surface area (Å²) in [5.41, 5.74) is 1.56. The van der Waals surface area contributed by atoms with E-state index in [2.05, 4.69) is 5.32 Å². The molecule has 0 radical (unpaired) electrons. The van der Waals surface area contributed by atoms with Gasteiger partial charge in [-0.15, -0.1) is 0 Å². The van der Waals surface area contributed by atoms with Crippen LogP contribution in [-0.2, 0) is 21.2 Å². The summed E-state index contributed by atoms with van der Waals surface area (Å²) in [6, 6.07) is 14.0. The molecule has 0 aromatic heterocycles. The zero-order chi connectivity index (χ0) is 20.0. The molecular weight excluding hydrogens is 376 g/mol. The lowest BCUT2D eigenvalue weighted by atomic mass is 10.1. The molecule has 0 spiro atoms. The van der Waals surface area contributed by atoms with Crippen LogP contribution in [-0.4, -0.2) is 38.8 Å². The lowest BCUT2D eigenvalue weighted by molar-refractivity contribution is -0.116. The van der Waals surface area contributed by atoms with E-state index >= 15 is 0 Å². The van der Waals surface area contributed by atoms with Gasteiger partial charge in [0.25, 0.3) is 0 Å². The van der Waals surface area contributed by atoms with Crippen molar-refractivity contribution in [1.29, 1.82) is 0 Å². The maximum atomic E-state index is 12.7. The second-order valence-electron chi connectivity index (χ2n) is 6.85. The first kappa shape index (κ1) is 20.4. The van der Waals surface area contributed by atoms with Crippen LogP contribution < -0.4 is 10.1 Å². The number of anilines is 1. The van der Waals surface area contributed by atoms with E-state index in [4.69, 9.17) is 4.74 Å². The van der Waals surface area contributed by atoms with E-state index in [1.807, 2.05) is 24.3 Å². The third-order valence-corrected chi connectivity index (χ3v) is 6.82. The van der Waals surface area contributed by atoms with Gasteiger partial charge in [0.15, 0.2) is 0 Å². The molecule has 1 aliphatic heterocycles. The van der Waals surface area contributed by atoms with Gasteiger partial charge in [-0.05, 0) is 55.2 Å². The normalized spacial score (nSPS) is 15.2. The molecule has 6 nitrogen and oxygen atoms in total. The fourth-order valence-corrected chi connectivity index (χ4v) is 4.86. The number of aryl methyl sites for hydroxylation is 1. The van der Waals surface area contributed by atoms with Crippen molar-refractivity contribution in [2.75, 3.05) is 25.5 Å². The average Bonchev–Trinajstić information content (AvgIpc) is 2.73. The van der Waals surface area contributed by atoms with Gasteiger partial charge in [0.2, 0.25) is 15.9 Å². The zero-order valence-electron chi connectivity index (χ0n) is 16.1. The van der Waals surface area contributed by atoms with Gasteiger partial charge in [-0.1, -0.05) is 24.6 Å². The van der Waals surface area contributed by atoms with E-state index in [0.29, 0.717) is 31.6 Å². The van der Waals surface area contributed by atoms with Crippen LogP contribution in [0, 0.1) is 0 Å². The Balaban J connectivity index is 1.58. The van der Waals surface area contributed by atoms with E-state index < -0.39 is 10.0 Å². The fourth-order valence-electron chi connectivity index (χ4n) is 3.35. The number of para-hydroxylation sites is 1. The SMILES string of the molecule is COc1ccccc1CCC(=O)Nc1ccc(S(=O)(=O)N2CCCCC2)cc1. The first-order valence-corrected chi connectivity index (χ1v) is 11.0. The Bertz CT molecular complexity index is 904. The van der Waals surface area contributed by atoms with Crippen LogP contribution >= 0.6 is 0 Å². The van der Waals surface area contributed by atoms with Crippen molar-refractivity contribution in [1.82, 2.24) is 4.31 Å². The standard InChI is InChI=1S/C21H26N2O4S/c1-27-20-8-4-3-7-17(20)9-14-21(24)22-18-10-12-19(13-11-18)28(25,26)23-15-5-2-6-16-23/h3-4,7-8,10-13H,2,5-6,9,14-16H2,1H3,(H,22,24). The van der Waals surface area contributed by atoms with Gasteiger partial charge in [0, 0.05) is 25.2 Å². The number of benzene rings is 2. The number of methoxy groups -OCH3 is 1. The quantitative estimate of drug-likeness (QED) is 0.770. The fraction of sp³-hybridized carbons (Fsp3) is 0.381. The van der Waals surface area contributed by atoms with E-state index in [-0.39, 0.29) is 10.8 Å². The second kappa shape index (κ2) is 9.21. The number of amides is 1. The lowest BCUT2D eigenvalue weighted by Gasteiger charge is -2.25. The number of carbonyl (C=O) groups excluding carboxylic acids is 1. The largest absolute Gasteiger partial charge is 0.496 e. The predicted molar refractivity (Wildman–Crippen MR) is 109 cm³/mol. The summed E-state index contributed by atoms with van der Waals surface area (Å²) in [7, 11) is -1.84. The van der Waals surface area contributed by atoms with Crippen LogP contribution in [0.25, 0.3) is 0 Å². The molecule has 1 fully saturated rings. The first-order valence-electron chi connectivity index (χ1n) is 9.52. The Hall–Kier alpha value is -2.38. The molecule has 0 atom stereocenters. The van der Waals surface area contributed by atoms with Gasteiger partial charge >= 0.3 is 0 Å². The molecule has 1 amide bonds. The summed E-state index contributed by atoms with van der Waals surface area (Å²) in [5, 5.41) is 2.82. The summed E-state index contributed by atoms with van der Waals surface area (Å²) >= 11 is 0. The molecule has 28 heavy (non-hydrogen) atoms. The van der Waals surface area contributed by atoms with Gasteiger partial charge < -0.3 is 10.1 Å². The van der Waals surface area contributed by atoms with Crippen molar-refractivity contribution < 1.29 is 17.9 Å². The van der Waals surface area contributed by atoms with Gasteiger partial charge in [0.1, 0.15) is 5.75 Å². The minimum atomic E-state index is -3.45. The molecule has 2 aromatic carbocycles. The number of nitrogens with one attached hydrogen (secondary N) is 1. The summed E-state index contributed by atoms with van der Waals surface area (Å²) in [5.74, 6) is 0.639. The highest BCUT2D eigenvalue weighted by molar-refractivity contribution is 7.89. The van der Waals surface area contributed by atoms with Crippen LogP contribution in [0.1, 0.15) is 31.2 Å². The molecule has 1 saturated heterocycles. The number of piperidine rings is 1. The highest BCUT2D eigenvalue weighted by Gasteiger charge is 2.25. The Morgan fingerprint density at radius 2 is 1.71 bits per heavy atom. The minimum absolute atomic E-state index is 0.127. The molecule has 0 saturated carbocycles. The Kier molecular flexibility index (Phi) is 6.70. The first-order chi connectivity index (χ1) is 13.5. The Morgan fingerprint density at radius 1 is 1.04 bits per heavy atom. The molecular formula is C21H26N2O4S. The molecule has 1 N–H and O–H groups in total. The van der Waals surface area contributed by atoms with Gasteiger partial charge in [-0.2, -0.15) is 4.31 Å². The van der Waals surface area contributed by atoms with E-state index in [0.717, 1.165) is 30.6 Å². The molecule has 150 valence electrons. The number of nitrogens with zero attached hydrogens (tertiary/aromatic N) is 1. The number of hydrogen-bond donors (Lipinski definition) is 1. The highest BCUT2D eigenvalue weighted by Crippen LogP contribution is 2.22. The van der Waals surface area contributed by atoms with Crippen molar-refractivity contribution >= 4 is 21.6 Å². The number of carbonyl (C=O) groups is 1. The molecule has 0 unspecified atom stereocenters. The topological polar surface area (TPSA) is 75.7 Å². The van der Waals surface area contributed by atoms with Crippen LogP contribution in [0.4, 0.5) is 5.69 Å². The number of ether oxygens (including phenoxy) is 1. The van der Waals surface area contributed by atoms with Crippen LogP contribution in [0.15, 0.2) is 53.4 Å². The summed E-state index contributed by atoms with van der Waals surface area (Å²) in [6.45, 7) is 1.15. The molecule has 1 aliphatic rings. The minimum Gasteiger partial charge on any atom is -0.496 e.